The number of fused-ring (bicyclic) bond motifs is 8. The van der Waals surface area contributed by atoms with Crippen LogP contribution in [0.4, 0.5) is 30.7 Å². The van der Waals surface area contributed by atoms with Crippen LogP contribution < -0.4 is 0 Å². The average Bonchev–Trinajstić information content (AvgIpc) is 1.63. The van der Waals surface area contributed by atoms with E-state index in [1.807, 2.05) is 77.6 Å². The van der Waals surface area contributed by atoms with E-state index in [9.17, 15) is 39.2 Å². The third kappa shape index (κ3) is 18.1. The molecule has 0 saturated heterocycles. The highest BCUT2D eigenvalue weighted by atomic mass is 35.5. The van der Waals surface area contributed by atoms with E-state index < -0.39 is 33.3 Å². The van der Waals surface area contributed by atoms with E-state index in [0.29, 0.717) is 36.5 Å². The van der Waals surface area contributed by atoms with Gasteiger partial charge in [-0.2, -0.15) is 26.3 Å². The predicted octanol–water partition coefficient (Wildman–Crippen LogP) is 29.1. The molecule has 0 amide bonds. The molecule has 7 aromatic heterocycles. The summed E-state index contributed by atoms with van der Waals surface area (Å²) in [6, 6.07) is 43.0. The van der Waals surface area contributed by atoms with Gasteiger partial charge in [-0.25, -0.2) is 12.8 Å². The van der Waals surface area contributed by atoms with Crippen LogP contribution in [-0.4, -0.2) is 8.42 Å². The second-order valence-electron chi connectivity index (χ2n) is 22.6. The summed E-state index contributed by atoms with van der Waals surface area (Å²) in [7, 11) is -3.19. The molecule has 496 valence electrons. The minimum absolute atomic E-state index is 0.154. The number of hydrogen-bond acceptors (Lipinski definition) is 9. The zero-order valence-corrected chi connectivity index (χ0v) is 62.1. The summed E-state index contributed by atoms with van der Waals surface area (Å²) >= 11 is 29.2. The van der Waals surface area contributed by atoms with Crippen LogP contribution in [0.15, 0.2) is 194 Å². The van der Waals surface area contributed by atoms with E-state index in [1.165, 1.54) is 126 Å². The summed E-state index contributed by atoms with van der Waals surface area (Å²) in [5, 5.41) is 25.3. The highest BCUT2D eigenvalue weighted by Gasteiger charge is 2.33. The molecule has 0 aliphatic carbocycles. The molecule has 20 heteroatoms. The maximum absolute atomic E-state index is 12.7. The van der Waals surface area contributed by atoms with E-state index in [-0.39, 0.29) is 5.82 Å². The minimum Gasteiger partial charge on any atom is -0.219 e. The predicted molar refractivity (Wildman–Crippen MR) is 408 cm³/mol. The summed E-state index contributed by atoms with van der Waals surface area (Å²) < 4.78 is 119. The maximum Gasteiger partial charge on any atom is 0.417 e. The smallest absolute Gasteiger partial charge is 0.219 e. The van der Waals surface area contributed by atoms with Gasteiger partial charge in [0.1, 0.15) is 5.82 Å². The quantitative estimate of drug-likeness (QED) is 0.142. The van der Waals surface area contributed by atoms with Crippen LogP contribution in [-0.2, 0) is 22.2 Å². The maximum atomic E-state index is 12.7. The van der Waals surface area contributed by atoms with Gasteiger partial charge in [0.05, 0.1) is 16.0 Å². The summed E-state index contributed by atoms with van der Waals surface area (Å²) in [6.45, 7) is 20.1. The number of thiophene rings is 7. The molecule has 0 radical (unpaired) electrons. The Morgan fingerprint density at radius 1 is 0.365 bits per heavy atom. The van der Waals surface area contributed by atoms with Crippen molar-refractivity contribution in [2.24, 2.45) is 0 Å². The fourth-order valence-electron chi connectivity index (χ4n) is 10.4. The first kappa shape index (κ1) is 73.8. The van der Waals surface area contributed by atoms with Gasteiger partial charge in [-0.15, -0.1) is 79.4 Å². The van der Waals surface area contributed by atoms with Gasteiger partial charge in [-0.3, -0.25) is 0 Å². The fraction of sp³-hybridized carbons (Fsp3) is 0.158. The molecule has 15 aromatic rings. The molecule has 0 saturated carbocycles. The third-order valence-corrected chi connectivity index (χ3v) is 25.2. The Kier molecular flexibility index (Phi) is 24.3. The lowest BCUT2D eigenvalue weighted by Gasteiger charge is -2.08. The highest BCUT2D eigenvalue weighted by Crippen LogP contribution is 2.40. The van der Waals surface area contributed by atoms with Crippen LogP contribution in [0.1, 0.15) is 73.7 Å². The number of hydrogen-bond donors (Lipinski definition) is 0. The molecule has 0 bridgehead atoms. The summed E-state index contributed by atoms with van der Waals surface area (Å²) in [5.41, 5.74) is 11.2. The van der Waals surface area contributed by atoms with Crippen LogP contribution >= 0.6 is 114 Å². The van der Waals surface area contributed by atoms with Crippen LogP contribution in [0.3, 0.4) is 0 Å². The van der Waals surface area contributed by atoms with Crippen molar-refractivity contribution in [1.82, 2.24) is 0 Å². The second-order valence-corrected chi connectivity index (χ2v) is 32.1. The first-order chi connectivity index (χ1) is 45.4. The van der Waals surface area contributed by atoms with Crippen LogP contribution in [0.25, 0.3) is 76.2 Å². The number of allylic oxidation sites excluding steroid dienone is 1. The van der Waals surface area contributed by atoms with Crippen molar-refractivity contribution in [2.75, 3.05) is 0 Å². The monoisotopic (exact) mass is 1500 g/mol. The van der Waals surface area contributed by atoms with E-state index in [2.05, 4.69) is 112 Å². The first-order valence-electron chi connectivity index (χ1n) is 29.5. The van der Waals surface area contributed by atoms with Gasteiger partial charge in [0.15, 0.2) is 0 Å². The molecule has 8 aromatic carbocycles. The van der Waals surface area contributed by atoms with Crippen LogP contribution in [0.5, 0.6) is 0 Å². The largest absolute Gasteiger partial charge is 0.417 e. The topological polar surface area (TPSA) is 34.1 Å². The summed E-state index contributed by atoms with van der Waals surface area (Å²) in [5.74, 6) is -0.154. The van der Waals surface area contributed by atoms with Crippen molar-refractivity contribution >= 4 is 200 Å². The molecular weight excluding hydrogens is 1440 g/mol. The Hall–Kier alpha value is -6.45. The molecule has 1 aliphatic heterocycles. The molecule has 2 nitrogen and oxygen atoms in total. The van der Waals surface area contributed by atoms with Crippen molar-refractivity contribution in [3.8, 4) is 0 Å². The normalized spacial score (nSPS) is 12.2. The van der Waals surface area contributed by atoms with Crippen molar-refractivity contribution in [3.63, 3.8) is 0 Å². The Labute approximate surface area is 596 Å². The van der Waals surface area contributed by atoms with Crippen molar-refractivity contribution in [3.05, 3.63) is 276 Å². The van der Waals surface area contributed by atoms with Gasteiger partial charge in [0.2, 0.25) is 9.84 Å². The third-order valence-electron chi connectivity index (χ3n) is 15.3. The molecule has 8 heterocycles. The van der Waals surface area contributed by atoms with Gasteiger partial charge >= 0.3 is 12.4 Å². The Balaban J connectivity index is 0.000000129. The van der Waals surface area contributed by atoms with Crippen LogP contribution in [0.2, 0.25) is 15.1 Å². The standard InChI is InChI=1S/2C10H7F3S.2C10H10S.C9H7ClO2S.2C9H7ClS.C9H7FS/c1-6-5-14-9-3-2-7(4-8(6)9)10(11,12)13;1-6-5-14-8-4-2-3-7(9(6)8)10(11,12)13;1-7-3-4-10-9(5-7)8(2)6-11-10;1-7-4-3-5-9-10(7)8(2)6-11-9;1-6-5-13(11,12)9-3-2-7(10)4-8(6)9;1-6-5-11-9-3-2-7(10)4-8(6)9;1-6-5-11-8-4-2-3-7(10)9(6)8;1-6-5-11-9-3-2-7(10)4-8(6)9/h2*2-5H,1H3;2*3-6H,1-2H3;2-5H,1H3;3*2-5H,1H3. The summed E-state index contributed by atoms with van der Waals surface area (Å²) in [6.07, 6.45) is -8.51. The lowest BCUT2D eigenvalue weighted by Crippen LogP contribution is -2.05. The number of sulfone groups is 1. The van der Waals surface area contributed by atoms with E-state index in [4.69, 9.17) is 34.8 Å². The fourth-order valence-corrected chi connectivity index (χ4v) is 19.3. The van der Waals surface area contributed by atoms with Gasteiger partial charge in [0, 0.05) is 64.1 Å². The highest BCUT2D eigenvalue weighted by molar-refractivity contribution is 7.95. The van der Waals surface area contributed by atoms with Gasteiger partial charge < -0.3 is 0 Å². The molecule has 0 atom stereocenters. The van der Waals surface area contributed by atoms with E-state index in [1.54, 1.807) is 83.6 Å². The van der Waals surface area contributed by atoms with Gasteiger partial charge in [0.25, 0.3) is 0 Å². The first-order valence-corrected chi connectivity index (χ1v) is 38.3. The molecule has 96 heavy (non-hydrogen) atoms. The number of rotatable bonds is 0. The second kappa shape index (κ2) is 31.6. The Morgan fingerprint density at radius 3 is 1.32 bits per heavy atom. The zero-order valence-electron chi connectivity index (χ0n) is 53.3. The SMILES string of the molecule is CC1=CS(=O)(=O)c2ccc(Cl)cc21.Cc1ccc2scc(C)c2c1.Cc1cccc2scc(C)c12.Cc1csc2ccc(C(F)(F)F)cc12.Cc1csc2ccc(Cl)cc12.Cc1csc2ccc(F)cc12.Cc1csc2cccc(C(F)(F)F)c12.Cc1csc2cccc(Cl)c12. The number of alkyl halides is 6. The lowest BCUT2D eigenvalue weighted by molar-refractivity contribution is -0.137. The molecule has 1 aliphatic rings. The van der Waals surface area contributed by atoms with Crippen molar-refractivity contribution < 1.29 is 39.2 Å². The number of aryl methyl sites for hydroxylation is 9. The number of benzene rings is 8. The average molecular weight is 1500 g/mol. The minimum atomic E-state index is -4.26. The van der Waals surface area contributed by atoms with Gasteiger partial charge in [-0.1, -0.05) is 76.8 Å². The van der Waals surface area contributed by atoms with Crippen LogP contribution in [0, 0.1) is 68.1 Å². The Bertz CT molecular complexity index is 5120. The van der Waals surface area contributed by atoms with Crippen molar-refractivity contribution in [2.45, 2.75) is 86.5 Å². The van der Waals surface area contributed by atoms with E-state index in [0.717, 1.165) is 53.7 Å². The lowest BCUT2D eigenvalue weighted by atomic mass is 10.1. The molecule has 0 N–H and O–H groups in total. The molecule has 0 fully saturated rings. The number of halogens is 10. The molecule has 0 spiro atoms. The molecule has 16 rings (SSSR count). The molecular formula is C76H62Cl3F7O2S8. The zero-order chi connectivity index (χ0) is 69.6. The summed E-state index contributed by atoms with van der Waals surface area (Å²) in [4.78, 5) is 0.356. The molecule has 0 unspecified atom stereocenters. The van der Waals surface area contributed by atoms with Gasteiger partial charge in [-0.05, 0) is 299 Å². The Morgan fingerprint density at radius 2 is 0.781 bits per heavy atom. The van der Waals surface area contributed by atoms with E-state index >= 15 is 0 Å². The van der Waals surface area contributed by atoms with Crippen molar-refractivity contribution in [1.29, 1.82) is 0 Å².